The van der Waals surface area contributed by atoms with E-state index >= 15 is 0 Å². The number of fused-ring (bicyclic) bond motifs is 1. The van der Waals surface area contributed by atoms with Gasteiger partial charge in [-0.25, -0.2) is 14.6 Å². The lowest BCUT2D eigenvalue weighted by molar-refractivity contribution is 0.0651. The summed E-state index contributed by atoms with van der Waals surface area (Å²) in [6.07, 6.45) is 1.91. The van der Waals surface area contributed by atoms with Gasteiger partial charge in [0.25, 0.3) is 0 Å². The van der Waals surface area contributed by atoms with E-state index in [4.69, 9.17) is 4.98 Å². The minimum absolute atomic E-state index is 0.271. The fourth-order valence-corrected chi connectivity index (χ4v) is 3.89. The summed E-state index contributed by atoms with van der Waals surface area (Å²) < 4.78 is 1.89. The zero-order valence-corrected chi connectivity index (χ0v) is 17.8. The van der Waals surface area contributed by atoms with Crippen molar-refractivity contribution >= 4 is 29.1 Å². The van der Waals surface area contributed by atoms with Crippen LogP contribution in [0.4, 0.5) is 11.5 Å². The van der Waals surface area contributed by atoms with Gasteiger partial charge in [-0.2, -0.15) is 0 Å². The number of imidazole rings is 1. The summed E-state index contributed by atoms with van der Waals surface area (Å²) in [5, 5.41) is 22.1. The van der Waals surface area contributed by atoms with E-state index in [9.17, 15) is 19.8 Å². The highest BCUT2D eigenvalue weighted by Gasteiger charge is 2.19. The largest absolute Gasteiger partial charge is 0.478 e. The second kappa shape index (κ2) is 8.55. The molecule has 2 heterocycles. The Hall–Kier alpha value is -4.91. The van der Waals surface area contributed by atoms with Crippen LogP contribution in [0.25, 0.3) is 28.0 Å². The van der Waals surface area contributed by atoms with Crippen molar-refractivity contribution in [3.8, 4) is 22.4 Å². The lowest BCUT2D eigenvalue weighted by atomic mass is 10.1. The molecule has 5 aromatic rings. The van der Waals surface area contributed by atoms with E-state index in [1.807, 2.05) is 83.4 Å². The zero-order chi connectivity index (χ0) is 23.7. The van der Waals surface area contributed by atoms with Gasteiger partial charge in [-0.1, -0.05) is 60.7 Å². The molecule has 5 rings (SSSR count). The molecule has 0 saturated heterocycles. The number of hydrogen-bond acceptors (Lipinski definition) is 4. The van der Waals surface area contributed by atoms with Gasteiger partial charge in [0.2, 0.25) is 0 Å². The number of carbonyl (C=O) groups is 2. The van der Waals surface area contributed by atoms with Crippen LogP contribution in [0.2, 0.25) is 0 Å². The van der Waals surface area contributed by atoms with Gasteiger partial charge in [0.1, 0.15) is 17.2 Å². The number of carboxylic acid groups (broad SMARTS) is 2. The summed E-state index contributed by atoms with van der Waals surface area (Å²) in [5.74, 6) is -1.97. The number of carboxylic acids is 2. The van der Waals surface area contributed by atoms with Crippen molar-refractivity contribution < 1.29 is 19.8 Å². The second-order valence-electron chi connectivity index (χ2n) is 7.68. The highest BCUT2D eigenvalue weighted by atomic mass is 16.4. The number of benzene rings is 3. The van der Waals surface area contributed by atoms with Gasteiger partial charge < -0.3 is 15.5 Å². The monoisotopic (exact) mass is 449 g/mol. The first kappa shape index (κ1) is 21.0. The molecule has 0 amide bonds. The number of pyridine rings is 1. The predicted molar refractivity (Wildman–Crippen MR) is 130 cm³/mol. The topological polar surface area (TPSA) is 104 Å². The lowest BCUT2D eigenvalue weighted by Crippen LogP contribution is -2.09. The number of aromatic carboxylic acids is 2. The van der Waals surface area contributed by atoms with E-state index < -0.39 is 11.9 Å². The smallest absolute Gasteiger partial charge is 0.336 e. The van der Waals surface area contributed by atoms with Gasteiger partial charge in [-0.3, -0.25) is 4.40 Å². The molecule has 34 heavy (non-hydrogen) atoms. The molecule has 0 unspecified atom stereocenters. The number of aromatic nitrogens is 2. The molecular weight excluding hydrogens is 430 g/mol. The van der Waals surface area contributed by atoms with Crippen molar-refractivity contribution in [1.29, 1.82) is 0 Å². The van der Waals surface area contributed by atoms with Crippen molar-refractivity contribution in [2.45, 2.75) is 0 Å². The van der Waals surface area contributed by atoms with E-state index in [0.29, 0.717) is 22.8 Å². The summed E-state index contributed by atoms with van der Waals surface area (Å²) in [5.41, 5.74) is 4.24. The summed E-state index contributed by atoms with van der Waals surface area (Å²) in [4.78, 5) is 27.9. The van der Waals surface area contributed by atoms with Gasteiger partial charge in [0, 0.05) is 17.4 Å². The van der Waals surface area contributed by atoms with Crippen LogP contribution in [-0.4, -0.2) is 31.5 Å². The van der Waals surface area contributed by atoms with Gasteiger partial charge in [0.15, 0.2) is 0 Å². The predicted octanol–water partition coefficient (Wildman–Crippen LogP) is 5.81. The van der Waals surface area contributed by atoms with E-state index in [1.54, 1.807) is 6.07 Å². The number of anilines is 2. The molecule has 3 N–H and O–H groups in total. The van der Waals surface area contributed by atoms with E-state index in [-0.39, 0.29) is 11.1 Å². The Morgan fingerprint density at radius 1 is 0.706 bits per heavy atom. The number of rotatable bonds is 6. The van der Waals surface area contributed by atoms with Crippen LogP contribution >= 0.6 is 0 Å². The van der Waals surface area contributed by atoms with Crippen LogP contribution in [0, 0.1) is 0 Å². The molecular formula is C27H19N3O4. The zero-order valence-electron chi connectivity index (χ0n) is 17.8. The first-order valence-corrected chi connectivity index (χ1v) is 10.5. The molecule has 0 saturated carbocycles. The minimum Gasteiger partial charge on any atom is -0.478 e. The Morgan fingerprint density at radius 2 is 1.35 bits per heavy atom. The van der Waals surface area contributed by atoms with Crippen molar-refractivity contribution in [2.75, 3.05) is 5.32 Å². The van der Waals surface area contributed by atoms with Gasteiger partial charge >= 0.3 is 11.9 Å². The fraction of sp³-hybridized carbons (Fsp3) is 0. The van der Waals surface area contributed by atoms with Crippen molar-refractivity contribution in [1.82, 2.24) is 9.38 Å². The number of hydrogen-bond donors (Lipinski definition) is 3. The Bertz CT molecular complexity index is 1530. The van der Waals surface area contributed by atoms with Gasteiger partial charge in [-0.15, -0.1) is 0 Å². The molecule has 7 heteroatoms. The van der Waals surface area contributed by atoms with E-state index in [2.05, 4.69) is 5.32 Å². The lowest BCUT2D eigenvalue weighted by Gasteiger charge is -2.11. The molecule has 7 nitrogen and oxygen atoms in total. The second-order valence-corrected chi connectivity index (χ2v) is 7.68. The number of nitrogens with one attached hydrogen (secondary N) is 1. The molecule has 0 aliphatic rings. The molecule has 0 aliphatic heterocycles. The average Bonchev–Trinajstić information content (AvgIpc) is 3.22. The van der Waals surface area contributed by atoms with Gasteiger partial charge in [0.05, 0.1) is 11.1 Å². The van der Waals surface area contributed by atoms with Crippen molar-refractivity contribution in [3.63, 3.8) is 0 Å². The normalized spacial score (nSPS) is 10.8. The Labute approximate surface area is 194 Å². The summed E-state index contributed by atoms with van der Waals surface area (Å²) in [6, 6.07) is 27.8. The van der Waals surface area contributed by atoms with Crippen LogP contribution in [-0.2, 0) is 0 Å². The first-order chi connectivity index (χ1) is 16.5. The Balaban J connectivity index is 1.65. The van der Waals surface area contributed by atoms with Crippen molar-refractivity contribution in [3.05, 3.63) is 108 Å². The quantitative estimate of drug-likeness (QED) is 0.302. The molecule has 0 bridgehead atoms. The van der Waals surface area contributed by atoms with E-state index in [1.165, 1.54) is 12.1 Å². The maximum absolute atomic E-state index is 11.6. The maximum atomic E-state index is 11.6. The summed E-state index contributed by atoms with van der Waals surface area (Å²) >= 11 is 0. The molecule has 0 fully saturated rings. The molecule has 0 spiro atoms. The highest BCUT2D eigenvalue weighted by molar-refractivity contribution is 6.02. The average molecular weight is 449 g/mol. The molecule has 0 aliphatic carbocycles. The Kier molecular flexibility index (Phi) is 5.27. The fourth-order valence-electron chi connectivity index (χ4n) is 3.89. The molecule has 166 valence electrons. The van der Waals surface area contributed by atoms with Crippen LogP contribution < -0.4 is 5.32 Å². The SMILES string of the molecule is O=C(O)c1ccc(Nc2c(-c3ccccc3)nc3cc(-c4ccccc4)ccn23)cc1C(=O)O. The molecule has 3 aromatic carbocycles. The molecule has 0 radical (unpaired) electrons. The third-order valence-electron chi connectivity index (χ3n) is 5.52. The number of nitrogens with zero attached hydrogens (tertiary/aromatic N) is 2. The molecule has 0 atom stereocenters. The Morgan fingerprint density at radius 3 is 2.00 bits per heavy atom. The summed E-state index contributed by atoms with van der Waals surface area (Å²) in [6.45, 7) is 0. The van der Waals surface area contributed by atoms with Crippen LogP contribution in [0.3, 0.4) is 0 Å². The van der Waals surface area contributed by atoms with Crippen LogP contribution in [0.5, 0.6) is 0 Å². The minimum atomic E-state index is -1.31. The van der Waals surface area contributed by atoms with E-state index in [0.717, 1.165) is 16.7 Å². The third-order valence-corrected chi connectivity index (χ3v) is 5.52. The third kappa shape index (κ3) is 3.86. The highest BCUT2D eigenvalue weighted by Crippen LogP contribution is 2.33. The standard InChI is InChI=1S/C27H19N3O4/c31-26(32)21-12-11-20(16-22(21)27(33)34)28-25-24(18-9-5-2-6-10-18)29-23-15-19(13-14-30(23)25)17-7-3-1-4-8-17/h1-16,28H,(H,31,32)(H,33,34). The summed E-state index contributed by atoms with van der Waals surface area (Å²) in [7, 11) is 0. The first-order valence-electron chi connectivity index (χ1n) is 10.5. The van der Waals surface area contributed by atoms with Crippen molar-refractivity contribution in [2.24, 2.45) is 0 Å². The maximum Gasteiger partial charge on any atom is 0.336 e. The van der Waals surface area contributed by atoms with Gasteiger partial charge in [-0.05, 0) is 41.5 Å². The van der Waals surface area contributed by atoms with Crippen LogP contribution in [0.15, 0.2) is 97.2 Å². The van der Waals surface area contributed by atoms with Crippen LogP contribution in [0.1, 0.15) is 20.7 Å². The molecule has 2 aromatic heterocycles.